The van der Waals surface area contributed by atoms with E-state index >= 15 is 0 Å². The summed E-state index contributed by atoms with van der Waals surface area (Å²) in [5.41, 5.74) is 2.22. The molecule has 2 aromatic heterocycles. The predicted octanol–water partition coefficient (Wildman–Crippen LogP) is 6.54. The first-order valence-electron chi connectivity index (χ1n) is 12.6. The van der Waals surface area contributed by atoms with Gasteiger partial charge in [0.1, 0.15) is 11.2 Å². The summed E-state index contributed by atoms with van der Waals surface area (Å²) in [6, 6.07) is 15.4. The van der Waals surface area contributed by atoms with E-state index in [0.717, 1.165) is 53.9 Å². The van der Waals surface area contributed by atoms with Gasteiger partial charge in [0.25, 0.3) is 0 Å². The molecule has 8 nitrogen and oxygen atoms in total. The van der Waals surface area contributed by atoms with Crippen LogP contribution in [0.5, 0.6) is 0 Å². The van der Waals surface area contributed by atoms with Crippen LogP contribution in [0, 0.1) is 11.8 Å². The fraction of sp³-hybridized carbons (Fsp3) is 0.357. The summed E-state index contributed by atoms with van der Waals surface area (Å²) in [5, 5.41) is 7.85. The van der Waals surface area contributed by atoms with Gasteiger partial charge in [0.15, 0.2) is 0 Å². The highest BCUT2D eigenvalue weighted by Crippen LogP contribution is 2.60. The molecule has 0 unspecified atom stereocenters. The molecule has 8 heteroatoms. The second-order valence-electron chi connectivity index (χ2n) is 10.9. The number of fused-ring (bicyclic) bond motifs is 2. The molecule has 4 bridgehead atoms. The van der Waals surface area contributed by atoms with E-state index < -0.39 is 23.4 Å². The molecule has 184 valence electrons. The Morgan fingerprint density at radius 3 is 1.67 bits per heavy atom. The molecular formula is C28H28N4O4. The van der Waals surface area contributed by atoms with E-state index in [1.54, 1.807) is 0 Å². The van der Waals surface area contributed by atoms with Crippen molar-refractivity contribution < 1.29 is 19.1 Å². The van der Waals surface area contributed by atoms with Crippen LogP contribution in [0.25, 0.3) is 21.8 Å². The molecular weight excluding hydrogens is 456 g/mol. The van der Waals surface area contributed by atoms with Crippen LogP contribution in [-0.2, 0) is 9.47 Å². The van der Waals surface area contributed by atoms with E-state index in [2.05, 4.69) is 20.6 Å². The van der Waals surface area contributed by atoms with Crippen LogP contribution >= 0.6 is 0 Å². The van der Waals surface area contributed by atoms with Gasteiger partial charge >= 0.3 is 12.2 Å². The number of carbonyl (C=O) groups excluding carboxylic acids is 2. The van der Waals surface area contributed by atoms with Crippen molar-refractivity contribution in [3.63, 3.8) is 0 Å². The number of carbonyl (C=O) groups is 2. The first-order valence-corrected chi connectivity index (χ1v) is 12.6. The molecule has 8 rings (SSSR count). The average molecular weight is 485 g/mol. The van der Waals surface area contributed by atoms with Crippen molar-refractivity contribution >= 4 is 45.4 Å². The standard InChI is InChI=1S/C28H28N4O4/c33-25(31-21-1-3-23-19(10-21)5-7-29-23)35-27-12-17-9-18(13-27)15-28(14-17,16-27)36-26(34)32-22-2-4-24-20(11-22)6-8-30-24/h1-8,10-11,17-18,29-30H,9,12-16H2,(H,31,33)(H,32,34). The lowest BCUT2D eigenvalue weighted by molar-refractivity contribution is -0.195. The Labute approximate surface area is 207 Å². The second kappa shape index (κ2) is 7.78. The van der Waals surface area contributed by atoms with Gasteiger partial charge in [-0.05, 0) is 92.5 Å². The Hall–Kier alpha value is -3.94. The zero-order valence-electron chi connectivity index (χ0n) is 19.8. The number of benzene rings is 2. The number of aromatic nitrogens is 2. The lowest BCUT2D eigenvalue weighted by Crippen LogP contribution is -2.62. The van der Waals surface area contributed by atoms with E-state index in [-0.39, 0.29) is 0 Å². The number of amides is 2. The van der Waals surface area contributed by atoms with E-state index in [0.29, 0.717) is 29.6 Å². The maximum atomic E-state index is 13.0. The summed E-state index contributed by atoms with van der Waals surface area (Å²) in [6.07, 6.45) is 7.78. The molecule has 2 aromatic carbocycles. The first kappa shape index (κ1) is 21.4. The van der Waals surface area contributed by atoms with Crippen LogP contribution < -0.4 is 10.6 Å². The quantitative estimate of drug-likeness (QED) is 0.264. The van der Waals surface area contributed by atoms with Crippen molar-refractivity contribution in [2.45, 2.75) is 49.7 Å². The van der Waals surface area contributed by atoms with Crippen LogP contribution in [-0.4, -0.2) is 33.4 Å². The Morgan fingerprint density at radius 1 is 0.722 bits per heavy atom. The Morgan fingerprint density at radius 2 is 1.19 bits per heavy atom. The van der Waals surface area contributed by atoms with Crippen LogP contribution in [0.15, 0.2) is 60.9 Å². The SMILES string of the molecule is O=C(Nc1ccc2[nH]ccc2c1)OC12CC3CC(C1)CC(OC(=O)Nc1ccc4[nH]ccc4c1)(C3)C2. The van der Waals surface area contributed by atoms with E-state index in [9.17, 15) is 9.59 Å². The Balaban J connectivity index is 1.05. The van der Waals surface area contributed by atoms with E-state index in [1.807, 2.05) is 60.9 Å². The molecule has 0 atom stereocenters. The van der Waals surface area contributed by atoms with Gasteiger partial charge in [0, 0.05) is 52.0 Å². The molecule has 0 radical (unpaired) electrons. The van der Waals surface area contributed by atoms with Gasteiger partial charge in [0.05, 0.1) is 0 Å². The average Bonchev–Trinajstić information content (AvgIpc) is 3.45. The highest BCUT2D eigenvalue weighted by Gasteiger charge is 2.61. The molecule has 36 heavy (non-hydrogen) atoms. The highest BCUT2D eigenvalue weighted by atomic mass is 16.6. The monoisotopic (exact) mass is 484 g/mol. The summed E-state index contributed by atoms with van der Waals surface area (Å²) in [4.78, 5) is 32.2. The number of aromatic amines is 2. The summed E-state index contributed by atoms with van der Waals surface area (Å²) < 4.78 is 12.3. The molecule has 2 heterocycles. The van der Waals surface area contributed by atoms with Crippen LogP contribution in [0.3, 0.4) is 0 Å². The van der Waals surface area contributed by atoms with Crippen molar-refractivity contribution in [2.24, 2.45) is 11.8 Å². The minimum Gasteiger partial charge on any atom is -0.443 e. The third-order valence-corrected chi connectivity index (χ3v) is 8.17. The zero-order valence-corrected chi connectivity index (χ0v) is 19.8. The zero-order chi connectivity index (χ0) is 24.3. The van der Waals surface area contributed by atoms with Crippen molar-refractivity contribution in [1.82, 2.24) is 9.97 Å². The molecule has 0 spiro atoms. The van der Waals surface area contributed by atoms with Crippen LogP contribution in [0.2, 0.25) is 0 Å². The highest BCUT2D eigenvalue weighted by molar-refractivity contribution is 5.91. The molecule has 4 saturated carbocycles. The maximum Gasteiger partial charge on any atom is 0.412 e. The molecule has 0 aliphatic heterocycles. The fourth-order valence-corrected chi connectivity index (χ4v) is 7.28. The lowest BCUT2D eigenvalue weighted by atomic mass is 9.52. The number of H-pyrrole nitrogens is 2. The number of ether oxygens (including phenoxy) is 2. The van der Waals surface area contributed by atoms with Gasteiger partial charge in [-0.3, -0.25) is 10.6 Å². The summed E-state index contributed by atoms with van der Waals surface area (Å²) in [7, 11) is 0. The fourth-order valence-electron chi connectivity index (χ4n) is 7.28. The van der Waals surface area contributed by atoms with Crippen molar-refractivity contribution in [2.75, 3.05) is 10.6 Å². The Bertz CT molecular complexity index is 1370. The smallest absolute Gasteiger partial charge is 0.412 e. The molecule has 4 aliphatic rings. The van der Waals surface area contributed by atoms with Crippen molar-refractivity contribution in [1.29, 1.82) is 0 Å². The number of rotatable bonds is 4. The molecule has 4 aliphatic carbocycles. The van der Waals surface area contributed by atoms with Gasteiger partial charge in [-0.15, -0.1) is 0 Å². The summed E-state index contributed by atoms with van der Waals surface area (Å²) in [6.45, 7) is 0. The Kier molecular flexibility index (Phi) is 4.61. The topological polar surface area (TPSA) is 108 Å². The van der Waals surface area contributed by atoms with E-state index in [1.165, 1.54) is 0 Å². The van der Waals surface area contributed by atoms with Gasteiger partial charge in [0.2, 0.25) is 0 Å². The summed E-state index contributed by atoms with van der Waals surface area (Å²) >= 11 is 0. The normalized spacial score (nSPS) is 28.3. The van der Waals surface area contributed by atoms with Crippen LogP contribution in [0.1, 0.15) is 38.5 Å². The molecule has 4 aromatic rings. The number of hydrogen-bond acceptors (Lipinski definition) is 4. The molecule has 2 amide bonds. The molecule has 0 saturated heterocycles. The van der Waals surface area contributed by atoms with Gasteiger partial charge in [-0.1, -0.05) is 0 Å². The lowest BCUT2D eigenvalue weighted by Gasteiger charge is -2.59. The molecule has 4 fully saturated rings. The third kappa shape index (κ3) is 3.77. The maximum absolute atomic E-state index is 13.0. The van der Waals surface area contributed by atoms with E-state index in [4.69, 9.17) is 9.47 Å². The second-order valence-corrected chi connectivity index (χ2v) is 10.9. The van der Waals surface area contributed by atoms with Gasteiger partial charge in [-0.25, -0.2) is 9.59 Å². The first-order chi connectivity index (χ1) is 17.4. The minimum absolute atomic E-state index is 0.388. The largest absolute Gasteiger partial charge is 0.443 e. The third-order valence-electron chi connectivity index (χ3n) is 8.17. The number of anilines is 2. The van der Waals surface area contributed by atoms with Gasteiger partial charge < -0.3 is 19.4 Å². The minimum atomic E-state index is -0.601. The predicted molar refractivity (Wildman–Crippen MR) is 137 cm³/mol. The summed E-state index contributed by atoms with van der Waals surface area (Å²) in [5.74, 6) is 0.776. The van der Waals surface area contributed by atoms with Crippen molar-refractivity contribution in [3.05, 3.63) is 60.9 Å². The molecule has 4 N–H and O–H groups in total. The number of hydrogen-bond donors (Lipinski definition) is 4. The van der Waals surface area contributed by atoms with Crippen molar-refractivity contribution in [3.8, 4) is 0 Å². The van der Waals surface area contributed by atoms with Gasteiger partial charge in [-0.2, -0.15) is 0 Å². The van der Waals surface area contributed by atoms with Crippen LogP contribution in [0.4, 0.5) is 21.0 Å². The number of nitrogens with one attached hydrogen (secondary N) is 4.